The number of carboxylic acid groups (broad SMARTS) is 1. The third-order valence-electron chi connectivity index (χ3n) is 3.29. The molecular weight excluding hydrogens is 254 g/mol. The third-order valence-corrected chi connectivity index (χ3v) is 3.29. The lowest BCUT2D eigenvalue weighted by Gasteiger charge is -2.26. The van der Waals surface area contributed by atoms with Gasteiger partial charge < -0.3 is 9.52 Å². The van der Waals surface area contributed by atoms with E-state index in [-0.39, 0.29) is 12.5 Å². The summed E-state index contributed by atoms with van der Waals surface area (Å²) in [5.74, 6) is 0.903. The van der Waals surface area contributed by atoms with Crippen molar-refractivity contribution < 1.29 is 14.3 Å². The van der Waals surface area contributed by atoms with Crippen LogP contribution in [-0.4, -0.2) is 23.0 Å². The largest absolute Gasteiger partial charge is 0.481 e. The molecule has 1 aromatic heterocycles. The first kappa shape index (κ1) is 14.3. The van der Waals surface area contributed by atoms with E-state index >= 15 is 0 Å². The van der Waals surface area contributed by atoms with E-state index in [0.717, 1.165) is 17.1 Å². The van der Waals surface area contributed by atoms with Gasteiger partial charge in [-0.05, 0) is 31.7 Å². The van der Waals surface area contributed by atoms with Gasteiger partial charge in [0, 0.05) is 6.04 Å². The van der Waals surface area contributed by atoms with Gasteiger partial charge in [-0.3, -0.25) is 9.69 Å². The Morgan fingerprint density at radius 1 is 1.25 bits per heavy atom. The van der Waals surface area contributed by atoms with Crippen molar-refractivity contribution in [3.8, 4) is 0 Å². The minimum atomic E-state index is -0.804. The molecule has 0 aliphatic rings. The maximum absolute atomic E-state index is 11.1. The highest BCUT2D eigenvalue weighted by molar-refractivity contribution is 5.67. The molecule has 0 fully saturated rings. The van der Waals surface area contributed by atoms with E-state index < -0.39 is 5.97 Å². The molecule has 4 nitrogen and oxygen atoms in total. The van der Waals surface area contributed by atoms with E-state index in [1.54, 1.807) is 0 Å². The molecule has 1 unspecified atom stereocenters. The van der Waals surface area contributed by atoms with Crippen LogP contribution in [0.25, 0.3) is 0 Å². The second-order valence-corrected chi connectivity index (χ2v) is 4.95. The lowest BCUT2D eigenvalue weighted by atomic mass is 10.0. The van der Waals surface area contributed by atoms with E-state index in [9.17, 15) is 4.79 Å². The summed E-state index contributed by atoms with van der Waals surface area (Å²) >= 11 is 0. The maximum Gasteiger partial charge on any atom is 0.305 e. The summed E-state index contributed by atoms with van der Waals surface area (Å²) in [4.78, 5) is 13.1. The van der Waals surface area contributed by atoms with E-state index in [0.29, 0.717) is 6.54 Å². The second-order valence-electron chi connectivity index (χ2n) is 4.95. The quantitative estimate of drug-likeness (QED) is 0.878. The number of furan rings is 1. The number of hydrogen-bond donors (Lipinski definition) is 1. The highest BCUT2D eigenvalue weighted by Gasteiger charge is 2.21. The molecule has 20 heavy (non-hydrogen) atoms. The standard InChI is InChI=1S/C16H19NO3/c1-12-8-9-14(20-12)11-17(2)15(10-16(18)19)13-6-4-3-5-7-13/h3-9,15H,10-11H2,1-2H3,(H,18,19). The van der Waals surface area contributed by atoms with Crippen LogP contribution >= 0.6 is 0 Å². The van der Waals surface area contributed by atoms with E-state index in [1.165, 1.54) is 0 Å². The molecule has 0 saturated carbocycles. The zero-order valence-corrected chi connectivity index (χ0v) is 11.7. The van der Waals surface area contributed by atoms with E-state index in [2.05, 4.69) is 0 Å². The van der Waals surface area contributed by atoms with Crippen LogP contribution < -0.4 is 0 Å². The third kappa shape index (κ3) is 3.71. The molecule has 0 bridgehead atoms. The zero-order valence-electron chi connectivity index (χ0n) is 11.7. The number of carboxylic acids is 1. The SMILES string of the molecule is Cc1ccc(CN(C)C(CC(=O)O)c2ccccc2)o1. The van der Waals surface area contributed by atoms with Crippen LogP contribution in [0.3, 0.4) is 0 Å². The number of aliphatic carboxylic acids is 1. The average molecular weight is 273 g/mol. The normalized spacial score (nSPS) is 12.6. The first-order valence-corrected chi connectivity index (χ1v) is 6.58. The summed E-state index contributed by atoms with van der Waals surface area (Å²) in [6, 6.07) is 13.4. The zero-order chi connectivity index (χ0) is 14.5. The molecule has 0 radical (unpaired) electrons. The van der Waals surface area contributed by atoms with Crippen LogP contribution in [0.4, 0.5) is 0 Å². The van der Waals surface area contributed by atoms with Crippen molar-refractivity contribution in [1.29, 1.82) is 0 Å². The molecule has 0 aliphatic carbocycles. The van der Waals surface area contributed by atoms with E-state index in [4.69, 9.17) is 9.52 Å². The average Bonchev–Trinajstić information content (AvgIpc) is 2.82. The molecule has 2 rings (SSSR count). The molecule has 1 atom stereocenters. The molecule has 0 saturated heterocycles. The van der Waals surface area contributed by atoms with Crippen molar-refractivity contribution >= 4 is 5.97 Å². The van der Waals surface area contributed by atoms with Gasteiger partial charge >= 0.3 is 5.97 Å². The highest BCUT2D eigenvalue weighted by atomic mass is 16.4. The lowest BCUT2D eigenvalue weighted by Crippen LogP contribution is -2.26. The van der Waals surface area contributed by atoms with Gasteiger partial charge in [0.05, 0.1) is 13.0 Å². The molecule has 0 spiro atoms. The van der Waals surface area contributed by atoms with Crippen LogP contribution in [0.5, 0.6) is 0 Å². The fourth-order valence-electron chi connectivity index (χ4n) is 2.29. The smallest absolute Gasteiger partial charge is 0.305 e. The fraction of sp³-hybridized carbons (Fsp3) is 0.312. The summed E-state index contributed by atoms with van der Waals surface area (Å²) in [5.41, 5.74) is 1.00. The fourth-order valence-corrected chi connectivity index (χ4v) is 2.29. The molecule has 2 aromatic rings. The Hall–Kier alpha value is -2.07. The molecule has 1 N–H and O–H groups in total. The Morgan fingerprint density at radius 2 is 1.95 bits per heavy atom. The minimum Gasteiger partial charge on any atom is -0.481 e. The minimum absolute atomic E-state index is 0.0696. The predicted molar refractivity (Wildman–Crippen MR) is 76.3 cm³/mol. The Morgan fingerprint density at radius 3 is 2.50 bits per heavy atom. The maximum atomic E-state index is 11.1. The molecule has 1 aromatic carbocycles. The molecule has 0 amide bonds. The summed E-state index contributed by atoms with van der Waals surface area (Å²) in [6.07, 6.45) is 0.0696. The lowest BCUT2D eigenvalue weighted by molar-refractivity contribution is -0.138. The number of nitrogens with zero attached hydrogens (tertiary/aromatic N) is 1. The van der Waals surface area contributed by atoms with Crippen LogP contribution in [0.1, 0.15) is 29.5 Å². The van der Waals surface area contributed by atoms with Crippen LogP contribution in [0.15, 0.2) is 46.9 Å². The Bertz CT molecular complexity index is 562. The van der Waals surface area contributed by atoms with Gasteiger partial charge in [-0.15, -0.1) is 0 Å². The van der Waals surface area contributed by atoms with E-state index in [1.807, 2.05) is 61.3 Å². The molecule has 106 valence electrons. The van der Waals surface area contributed by atoms with Gasteiger partial charge in [-0.1, -0.05) is 30.3 Å². The van der Waals surface area contributed by atoms with Crippen molar-refractivity contribution in [3.63, 3.8) is 0 Å². The summed E-state index contributed by atoms with van der Waals surface area (Å²) in [6.45, 7) is 2.48. The molecule has 0 aliphatic heterocycles. The van der Waals surface area contributed by atoms with Crippen LogP contribution in [0.2, 0.25) is 0 Å². The Labute approximate surface area is 118 Å². The Kier molecular flexibility index (Phi) is 4.58. The Balaban J connectivity index is 2.15. The van der Waals surface area contributed by atoms with Crippen molar-refractivity contribution in [2.24, 2.45) is 0 Å². The predicted octanol–water partition coefficient (Wildman–Crippen LogP) is 3.24. The van der Waals surface area contributed by atoms with Crippen molar-refractivity contribution in [1.82, 2.24) is 4.90 Å². The van der Waals surface area contributed by atoms with Gasteiger partial charge in [0.1, 0.15) is 11.5 Å². The van der Waals surface area contributed by atoms with Gasteiger partial charge in [-0.25, -0.2) is 0 Å². The number of carbonyl (C=O) groups is 1. The first-order valence-electron chi connectivity index (χ1n) is 6.58. The van der Waals surface area contributed by atoms with Gasteiger partial charge in [0.2, 0.25) is 0 Å². The molecular formula is C16H19NO3. The van der Waals surface area contributed by atoms with Crippen molar-refractivity contribution in [3.05, 3.63) is 59.5 Å². The van der Waals surface area contributed by atoms with Crippen LogP contribution in [-0.2, 0) is 11.3 Å². The van der Waals surface area contributed by atoms with Gasteiger partial charge in [-0.2, -0.15) is 0 Å². The highest BCUT2D eigenvalue weighted by Crippen LogP contribution is 2.25. The second kappa shape index (κ2) is 6.39. The number of aryl methyl sites for hydroxylation is 1. The molecule has 1 heterocycles. The molecule has 4 heteroatoms. The monoisotopic (exact) mass is 273 g/mol. The van der Waals surface area contributed by atoms with Gasteiger partial charge in [0.15, 0.2) is 0 Å². The van der Waals surface area contributed by atoms with Crippen molar-refractivity contribution in [2.75, 3.05) is 7.05 Å². The topological polar surface area (TPSA) is 53.7 Å². The first-order chi connectivity index (χ1) is 9.56. The number of rotatable bonds is 6. The van der Waals surface area contributed by atoms with Gasteiger partial charge in [0.25, 0.3) is 0 Å². The van der Waals surface area contributed by atoms with Crippen molar-refractivity contribution in [2.45, 2.75) is 25.9 Å². The van der Waals surface area contributed by atoms with Crippen LogP contribution in [0, 0.1) is 6.92 Å². The summed E-state index contributed by atoms with van der Waals surface area (Å²) in [5, 5.41) is 9.11. The summed E-state index contributed by atoms with van der Waals surface area (Å²) < 4.78 is 5.56. The number of benzene rings is 1. The number of hydrogen-bond acceptors (Lipinski definition) is 3. The summed E-state index contributed by atoms with van der Waals surface area (Å²) in [7, 11) is 1.92.